The minimum Gasteiger partial charge on any atom is -0.395 e. The number of carbonyl (C=O) groups excluding carboxylic acids is 4. The molecule has 25 heteroatoms. The van der Waals surface area contributed by atoms with Crippen LogP contribution < -0.4 is 47.9 Å². The Morgan fingerprint density at radius 1 is 0.427 bits per heavy atom. The maximum absolute atomic E-state index is 12.8. The van der Waals surface area contributed by atoms with Crippen molar-refractivity contribution in [3.05, 3.63) is 249 Å². The average Bonchev–Trinajstić information content (AvgIpc) is 0.867. The summed E-state index contributed by atoms with van der Waals surface area (Å²) in [6.45, 7) is 9.56. The fourth-order valence-corrected chi connectivity index (χ4v) is 13.3. The maximum atomic E-state index is 12.8. The lowest BCUT2D eigenvalue weighted by Crippen LogP contribution is -2.43. The molecule has 0 unspecified atom stereocenters. The number of carbonyl (C=O) groups is 4. The summed E-state index contributed by atoms with van der Waals surface area (Å²) in [6, 6.07) is 54.1. The van der Waals surface area contributed by atoms with E-state index in [0.29, 0.717) is 101 Å². The summed E-state index contributed by atoms with van der Waals surface area (Å²) in [4.78, 5) is 75.1. The van der Waals surface area contributed by atoms with Crippen molar-refractivity contribution in [2.24, 2.45) is 0 Å². The normalized spacial score (nSPS) is 17.5. The zero-order valence-electron chi connectivity index (χ0n) is 57.5. The van der Waals surface area contributed by atoms with Gasteiger partial charge in [-0.15, -0.1) is 0 Å². The number of nitrogens with one attached hydrogen (secondary N) is 9. The van der Waals surface area contributed by atoms with Crippen LogP contribution in [0.3, 0.4) is 0 Å². The SMILES string of the molecule is CN1CCC[C@@H](Nc2ncccc2C(=O)Nc2cccc(Cl)c2)C1.O=C(Nc1cccc(Cl)c1)c1cccnc1N[C@@H]1CCCN(CCO)C1.O=C(Nc1cccc(Cl)c1)c1cccnc1N[C@@H]1CCCN(Cc2ccccc2)C1.O=C(Nc1cccc(Cl)c1)c1cccnc1N[C@@H]1CCCNC1. The molecule has 10 N–H and O–H groups in total. The van der Waals surface area contributed by atoms with Crippen LogP contribution in [-0.4, -0.2) is 160 Å². The predicted octanol–water partition coefficient (Wildman–Crippen LogP) is 14.6. The van der Waals surface area contributed by atoms with Gasteiger partial charge >= 0.3 is 0 Å². The molecule has 4 aliphatic heterocycles. The lowest BCUT2D eigenvalue weighted by atomic mass is 10.0. The van der Waals surface area contributed by atoms with Gasteiger partial charge in [-0.05, 0) is 211 Å². The molecule has 21 nitrogen and oxygen atoms in total. The lowest BCUT2D eigenvalue weighted by molar-refractivity contribution is 0.101. The standard InChI is InChI=1S/C24H25ClN4O.C19H23ClN4O2.C18H21ClN4O.C17H19ClN4O/c25-19-9-4-10-20(15-19)28-24(30)22-12-5-13-26-23(22)27-21-11-6-14-29(17-21)16-18-7-2-1-3-8-18;20-14-4-1-5-15(12-14)23-19(26)17-7-2-8-21-18(17)22-16-6-3-9-24(13-16)10-11-25;1-23-10-4-7-15(12-23)21-17-16(8-3-9-20-17)18(24)22-14-6-2-5-13(19)11-14;18-12-4-1-5-13(10-12)22-17(23)15-7-3-9-20-16(15)21-14-6-2-8-19-11-14/h1-5,7-10,12-13,15,21H,6,11,14,16-17H2,(H,26,27)(H,28,30);1-2,4-5,7-8,12,16,25H,3,6,9-11,13H2,(H,21,22)(H,23,26);2-3,5-6,8-9,11,15H,4,7,10,12H2,1H3,(H,20,21)(H,22,24);1,3-5,7,9-10,14,19H,2,6,8,11H2,(H,20,21)(H,22,23)/t21-;16-;15-;14-/m1111/s1. The summed E-state index contributed by atoms with van der Waals surface area (Å²) >= 11 is 23.9. The van der Waals surface area contributed by atoms with Crippen molar-refractivity contribution < 1.29 is 24.3 Å². The predicted molar refractivity (Wildman–Crippen MR) is 417 cm³/mol. The van der Waals surface area contributed by atoms with E-state index < -0.39 is 0 Å². The number of anilines is 8. The third kappa shape index (κ3) is 24.7. The molecule has 0 bridgehead atoms. The van der Waals surface area contributed by atoms with Gasteiger partial charge < -0.3 is 57.9 Å². The number of nitrogens with zero attached hydrogens (tertiary/aromatic N) is 7. The number of halogens is 4. The molecule has 4 saturated heterocycles. The van der Waals surface area contributed by atoms with Gasteiger partial charge in [0.15, 0.2) is 0 Å². The van der Waals surface area contributed by atoms with Crippen molar-refractivity contribution in [3.63, 3.8) is 0 Å². The van der Waals surface area contributed by atoms with Crippen LogP contribution in [0.4, 0.5) is 46.0 Å². The highest BCUT2D eigenvalue weighted by atomic mass is 35.5. The van der Waals surface area contributed by atoms with Crippen LogP contribution in [0, 0.1) is 0 Å². The molecule has 5 aromatic carbocycles. The second kappa shape index (κ2) is 40.0. The molecule has 4 atom stereocenters. The van der Waals surface area contributed by atoms with Crippen LogP contribution in [0.5, 0.6) is 0 Å². The maximum Gasteiger partial charge on any atom is 0.259 e. The highest BCUT2D eigenvalue weighted by Crippen LogP contribution is 2.27. The molecule has 8 heterocycles. The van der Waals surface area contributed by atoms with Crippen molar-refractivity contribution in [3.8, 4) is 0 Å². The first-order chi connectivity index (χ1) is 50.2. The Hall–Kier alpha value is -9.26. The van der Waals surface area contributed by atoms with E-state index in [0.717, 1.165) is 110 Å². The number of likely N-dealkylation sites (N-methyl/N-ethyl adjacent to an activating group) is 1. The van der Waals surface area contributed by atoms with Crippen LogP contribution in [0.15, 0.2) is 201 Å². The van der Waals surface area contributed by atoms with E-state index in [-0.39, 0.29) is 48.4 Å². The molecule has 0 saturated carbocycles. The Labute approximate surface area is 622 Å². The number of amides is 4. The number of aromatic nitrogens is 4. The van der Waals surface area contributed by atoms with Crippen molar-refractivity contribution >= 4 is 116 Å². The van der Waals surface area contributed by atoms with Crippen LogP contribution in [0.2, 0.25) is 20.1 Å². The molecule has 4 fully saturated rings. The van der Waals surface area contributed by atoms with E-state index in [4.69, 9.17) is 51.5 Å². The minimum atomic E-state index is -0.231. The van der Waals surface area contributed by atoms with Crippen LogP contribution in [-0.2, 0) is 6.54 Å². The Kier molecular flexibility index (Phi) is 29.6. The lowest BCUT2D eigenvalue weighted by Gasteiger charge is -2.33. The first-order valence-corrected chi connectivity index (χ1v) is 36.3. The van der Waals surface area contributed by atoms with Gasteiger partial charge in [0.05, 0.1) is 28.9 Å². The summed E-state index contributed by atoms with van der Waals surface area (Å²) < 4.78 is 0. The largest absolute Gasteiger partial charge is 0.395 e. The number of hydrogen-bond acceptors (Lipinski definition) is 17. The van der Waals surface area contributed by atoms with Crippen LogP contribution in [0.1, 0.15) is 98.4 Å². The summed E-state index contributed by atoms with van der Waals surface area (Å²) in [5.41, 5.74) is 6.03. The van der Waals surface area contributed by atoms with E-state index in [2.05, 4.69) is 114 Å². The smallest absolute Gasteiger partial charge is 0.259 e. The average molecular weight is 1470 g/mol. The highest BCUT2D eigenvalue weighted by Gasteiger charge is 2.26. The number of benzene rings is 5. The third-order valence-electron chi connectivity index (χ3n) is 17.5. The van der Waals surface area contributed by atoms with Gasteiger partial charge in [-0.2, -0.15) is 0 Å². The van der Waals surface area contributed by atoms with Gasteiger partial charge in [0.25, 0.3) is 23.6 Å². The van der Waals surface area contributed by atoms with Gasteiger partial charge in [-0.1, -0.05) is 101 Å². The molecule has 4 amide bonds. The molecule has 0 aliphatic carbocycles. The van der Waals surface area contributed by atoms with Gasteiger partial charge in [0, 0.05) is 131 Å². The highest BCUT2D eigenvalue weighted by molar-refractivity contribution is 6.32. The van der Waals surface area contributed by atoms with Crippen LogP contribution in [0.25, 0.3) is 0 Å². The summed E-state index contributed by atoms with van der Waals surface area (Å²) in [5, 5.41) is 40.0. The molecule has 0 radical (unpaired) electrons. The van der Waals surface area contributed by atoms with Crippen molar-refractivity contribution in [1.29, 1.82) is 0 Å². The van der Waals surface area contributed by atoms with E-state index in [1.54, 1.807) is 152 Å². The Morgan fingerprint density at radius 3 is 1.16 bits per heavy atom. The van der Waals surface area contributed by atoms with Gasteiger partial charge in [0.2, 0.25) is 0 Å². The van der Waals surface area contributed by atoms with E-state index in [1.807, 2.05) is 24.3 Å². The number of likely N-dealkylation sites (tertiary alicyclic amines) is 3. The molecule has 538 valence electrons. The Morgan fingerprint density at radius 2 is 0.786 bits per heavy atom. The molecular weight excluding hydrogens is 1380 g/mol. The first kappa shape index (κ1) is 76.4. The Balaban J connectivity index is 0.000000148. The number of aliphatic hydroxyl groups is 1. The number of aliphatic hydroxyl groups excluding tert-OH is 1. The van der Waals surface area contributed by atoms with E-state index >= 15 is 0 Å². The van der Waals surface area contributed by atoms with E-state index in [1.165, 1.54) is 5.56 Å². The van der Waals surface area contributed by atoms with Crippen molar-refractivity contribution in [2.75, 3.05) is 115 Å². The molecule has 9 aromatic rings. The van der Waals surface area contributed by atoms with Crippen LogP contribution >= 0.6 is 46.4 Å². The summed E-state index contributed by atoms with van der Waals surface area (Å²) in [5.74, 6) is 1.59. The summed E-state index contributed by atoms with van der Waals surface area (Å²) in [6.07, 6.45) is 15.4. The first-order valence-electron chi connectivity index (χ1n) is 34.8. The second-order valence-corrected chi connectivity index (χ2v) is 27.3. The zero-order chi connectivity index (χ0) is 72.1. The molecule has 4 aliphatic rings. The van der Waals surface area contributed by atoms with Gasteiger partial charge in [0.1, 0.15) is 23.3 Å². The quantitative estimate of drug-likeness (QED) is 0.0340. The monoisotopic (exact) mass is 1470 g/mol. The number of β-amino-alcohol motifs (C(OH)–C–C–N with tert-alkyl or cyclic N) is 1. The number of pyridine rings is 4. The number of hydrogen-bond donors (Lipinski definition) is 10. The van der Waals surface area contributed by atoms with Crippen molar-refractivity contribution in [1.82, 2.24) is 40.0 Å². The van der Waals surface area contributed by atoms with E-state index in [9.17, 15) is 19.2 Å². The summed E-state index contributed by atoms with van der Waals surface area (Å²) in [7, 11) is 2.11. The second-order valence-electron chi connectivity index (χ2n) is 25.6. The number of rotatable bonds is 20. The molecular formula is C78H88Cl4N16O5. The topological polar surface area (TPSA) is 258 Å². The van der Waals surface area contributed by atoms with Crippen molar-refractivity contribution in [2.45, 2.75) is 82.1 Å². The molecule has 0 spiro atoms. The molecule has 4 aromatic heterocycles. The third-order valence-corrected chi connectivity index (χ3v) is 18.4. The fraction of sp³-hybridized carbons (Fsp3) is 0.308. The fourth-order valence-electron chi connectivity index (χ4n) is 12.6. The molecule has 13 rings (SSSR count). The Bertz CT molecular complexity index is 4210. The van der Waals surface area contributed by atoms with Gasteiger partial charge in [-0.3, -0.25) is 29.0 Å². The van der Waals surface area contributed by atoms with Gasteiger partial charge in [-0.25, -0.2) is 19.9 Å². The molecule has 103 heavy (non-hydrogen) atoms. The number of piperidine rings is 4. The zero-order valence-corrected chi connectivity index (χ0v) is 60.5. The minimum absolute atomic E-state index is 0.156.